The van der Waals surface area contributed by atoms with Crippen LogP contribution in [0, 0.1) is 18.6 Å². The van der Waals surface area contributed by atoms with Crippen LogP contribution in [0.4, 0.5) is 8.78 Å². The van der Waals surface area contributed by atoms with Crippen LogP contribution in [0.25, 0.3) is 0 Å². The number of amides is 1. The van der Waals surface area contributed by atoms with Gasteiger partial charge in [-0.1, -0.05) is 24.3 Å². The van der Waals surface area contributed by atoms with Gasteiger partial charge in [0.05, 0.1) is 6.10 Å². The van der Waals surface area contributed by atoms with Crippen LogP contribution in [0.15, 0.2) is 42.5 Å². The molecule has 0 aliphatic heterocycles. The topological polar surface area (TPSA) is 58.6 Å². The van der Waals surface area contributed by atoms with Crippen LogP contribution < -0.4 is 10.1 Å². The van der Waals surface area contributed by atoms with Gasteiger partial charge in [0.2, 0.25) is 0 Å². The molecule has 6 heteroatoms. The molecule has 0 saturated carbocycles. The Morgan fingerprint density at radius 2 is 1.92 bits per heavy atom. The molecule has 2 aromatic rings. The first-order valence-corrected chi connectivity index (χ1v) is 7.51. The number of ether oxygens (including phenoxy) is 1. The van der Waals surface area contributed by atoms with Gasteiger partial charge in [-0.2, -0.15) is 0 Å². The van der Waals surface area contributed by atoms with Crippen molar-refractivity contribution in [2.75, 3.05) is 6.54 Å². The number of aliphatic hydroxyl groups is 1. The molecule has 0 aliphatic rings. The highest BCUT2D eigenvalue weighted by Gasteiger charge is 2.18. The Kier molecular flexibility index (Phi) is 5.87. The van der Waals surface area contributed by atoms with Crippen molar-refractivity contribution in [3.8, 4) is 5.75 Å². The molecule has 2 rings (SSSR count). The van der Waals surface area contributed by atoms with Crippen molar-refractivity contribution in [2.45, 2.75) is 26.1 Å². The van der Waals surface area contributed by atoms with Gasteiger partial charge in [-0.3, -0.25) is 4.79 Å². The normalized spacial score (nSPS) is 13.2. The van der Waals surface area contributed by atoms with E-state index in [2.05, 4.69) is 5.32 Å². The lowest BCUT2D eigenvalue weighted by molar-refractivity contribution is -0.127. The molecule has 0 saturated heterocycles. The van der Waals surface area contributed by atoms with E-state index in [9.17, 15) is 18.7 Å². The van der Waals surface area contributed by atoms with E-state index in [1.54, 1.807) is 6.07 Å². The fraction of sp³-hybridized carbons (Fsp3) is 0.278. The number of hydrogen-bond acceptors (Lipinski definition) is 3. The van der Waals surface area contributed by atoms with E-state index in [1.807, 2.05) is 25.1 Å². The SMILES string of the molecule is Cc1ccccc1C(O)CNC(=O)C(C)Oc1ccc(F)c(F)c1. The fourth-order valence-electron chi connectivity index (χ4n) is 2.22. The zero-order chi connectivity index (χ0) is 17.7. The van der Waals surface area contributed by atoms with Gasteiger partial charge in [-0.25, -0.2) is 8.78 Å². The minimum atomic E-state index is -1.05. The minimum Gasteiger partial charge on any atom is -0.481 e. The molecule has 2 atom stereocenters. The summed E-state index contributed by atoms with van der Waals surface area (Å²) in [6.07, 6.45) is -1.76. The zero-order valence-corrected chi connectivity index (χ0v) is 13.4. The molecule has 0 bridgehead atoms. The Hall–Kier alpha value is -2.47. The number of nitrogens with one attached hydrogen (secondary N) is 1. The van der Waals surface area contributed by atoms with Gasteiger partial charge in [0.1, 0.15) is 5.75 Å². The maximum absolute atomic E-state index is 13.1. The third-order valence-electron chi connectivity index (χ3n) is 3.59. The number of carbonyl (C=O) groups is 1. The van der Waals surface area contributed by atoms with Gasteiger partial charge >= 0.3 is 0 Å². The van der Waals surface area contributed by atoms with Crippen molar-refractivity contribution >= 4 is 5.91 Å². The van der Waals surface area contributed by atoms with Crippen molar-refractivity contribution in [2.24, 2.45) is 0 Å². The maximum Gasteiger partial charge on any atom is 0.260 e. The summed E-state index contributed by atoms with van der Waals surface area (Å²) >= 11 is 0. The number of aryl methyl sites for hydroxylation is 1. The second kappa shape index (κ2) is 7.88. The standard InChI is InChI=1S/C18H19F2NO3/c1-11-5-3-4-6-14(11)17(22)10-21-18(23)12(2)24-13-7-8-15(19)16(20)9-13/h3-9,12,17,22H,10H2,1-2H3,(H,21,23). The van der Waals surface area contributed by atoms with Crippen LogP contribution in [0.1, 0.15) is 24.2 Å². The van der Waals surface area contributed by atoms with Crippen molar-refractivity contribution in [3.05, 3.63) is 65.2 Å². The fourth-order valence-corrected chi connectivity index (χ4v) is 2.22. The lowest BCUT2D eigenvalue weighted by Gasteiger charge is -2.18. The number of carbonyl (C=O) groups excluding carboxylic acids is 1. The quantitative estimate of drug-likeness (QED) is 0.853. The first kappa shape index (κ1) is 17.9. The first-order chi connectivity index (χ1) is 11.4. The molecule has 0 spiro atoms. The Labute approximate surface area is 139 Å². The van der Waals surface area contributed by atoms with Gasteiger partial charge in [0.15, 0.2) is 17.7 Å². The monoisotopic (exact) mass is 335 g/mol. The van der Waals surface area contributed by atoms with E-state index < -0.39 is 29.7 Å². The van der Waals surface area contributed by atoms with Gasteiger partial charge in [0.25, 0.3) is 5.91 Å². The van der Waals surface area contributed by atoms with E-state index >= 15 is 0 Å². The summed E-state index contributed by atoms with van der Waals surface area (Å²) in [6.45, 7) is 3.38. The molecule has 0 heterocycles. The highest BCUT2D eigenvalue weighted by Crippen LogP contribution is 2.18. The first-order valence-electron chi connectivity index (χ1n) is 7.51. The molecule has 0 aromatic heterocycles. The van der Waals surface area contributed by atoms with Crippen molar-refractivity contribution in [1.82, 2.24) is 5.32 Å². The molecule has 4 nitrogen and oxygen atoms in total. The lowest BCUT2D eigenvalue weighted by Crippen LogP contribution is -2.38. The molecule has 0 fully saturated rings. The predicted molar refractivity (Wildman–Crippen MR) is 85.6 cm³/mol. The Morgan fingerprint density at radius 3 is 2.58 bits per heavy atom. The zero-order valence-electron chi connectivity index (χ0n) is 13.4. The molecule has 2 unspecified atom stereocenters. The van der Waals surface area contributed by atoms with Crippen molar-refractivity contribution in [1.29, 1.82) is 0 Å². The Balaban J connectivity index is 1.89. The molecule has 0 radical (unpaired) electrons. The van der Waals surface area contributed by atoms with Gasteiger partial charge in [-0.15, -0.1) is 0 Å². The summed E-state index contributed by atoms with van der Waals surface area (Å²) in [5.41, 5.74) is 1.65. The molecule has 2 N–H and O–H groups in total. The second-order valence-corrected chi connectivity index (χ2v) is 5.45. The molecule has 128 valence electrons. The molecular weight excluding hydrogens is 316 g/mol. The molecule has 0 aliphatic carbocycles. The van der Waals surface area contributed by atoms with Gasteiger partial charge < -0.3 is 15.2 Å². The summed E-state index contributed by atoms with van der Waals surface area (Å²) in [5.74, 6) is -2.45. The third kappa shape index (κ3) is 4.52. The van der Waals surface area contributed by atoms with Gasteiger partial charge in [0, 0.05) is 12.6 Å². The summed E-state index contributed by atoms with van der Waals surface area (Å²) < 4.78 is 31.3. The van der Waals surface area contributed by atoms with Crippen LogP contribution in [0.2, 0.25) is 0 Å². The molecule has 1 amide bonds. The van der Waals surface area contributed by atoms with E-state index in [0.717, 1.165) is 23.3 Å². The third-order valence-corrected chi connectivity index (χ3v) is 3.59. The average molecular weight is 335 g/mol. The lowest BCUT2D eigenvalue weighted by atomic mass is 10.0. The molecule has 2 aromatic carbocycles. The van der Waals surface area contributed by atoms with E-state index in [0.29, 0.717) is 0 Å². The predicted octanol–water partition coefficient (Wildman–Crippen LogP) is 2.89. The largest absolute Gasteiger partial charge is 0.481 e. The number of aliphatic hydroxyl groups excluding tert-OH is 1. The van der Waals surface area contributed by atoms with E-state index in [1.165, 1.54) is 13.0 Å². The number of halogens is 2. The number of benzene rings is 2. The van der Waals surface area contributed by atoms with Crippen LogP contribution in [-0.2, 0) is 4.79 Å². The summed E-state index contributed by atoms with van der Waals surface area (Å²) in [4.78, 5) is 12.0. The van der Waals surface area contributed by atoms with E-state index in [-0.39, 0.29) is 12.3 Å². The van der Waals surface area contributed by atoms with E-state index in [4.69, 9.17) is 4.74 Å². The second-order valence-electron chi connectivity index (χ2n) is 5.45. The van der Waals surface area contributed by atoms with Crippen molar-refractivity contribution < 1.29 is 23.4 Å². The summed E-state index contributed by atoms with van der Waals surface area (Å²) in [5, 5.41) is 12.7. The van der Waals surface area contributed by atoms with Gasteiger partial charge in [-0.05, 0) is 37.1 Å². The van der Waals surface area contributed by atoms with Crippen LogP contribution >= 0.6 is 0 Å². The number of rotatable bonds is 6. The summed E-state index contributed by atoms with van der Waals surface area (Å²) in [7, 11) is 0. The smallest absolute Gasteiger partial charge is 0.260 e. The molecule has 24 heavy (non-hydrogen) atoms. The summed E-state index contributed by atoms with van der Waals surface area (Å²) in [6, 6.07) is 10.4. The Morgan fingerprint density at radius 1 is 1.21 bits per heavy atom. The van der Waals surface area contributed by atoms with Crippen LogP contribution in [0.5, 0.6) is 5.75 Å². The average Bonchev–Trinajstić information content (AvgIpc) is 2.56. The highest BCUT2D eigenvalue weighted by atomic mass is 19.2. The highest BCUT2D eigenvalue weighted by molar-refractivity contribution is 5.80. The molecular formula is C18H19F2NO3. The Bertz CT molecular complexity index is 721. The number of hydrogen-bond donors (Lipinski definition) is 2. The van der Waals surface area contributed by atoms with Crippen LogP contribution in [0.3, 0.4) is 0 Å². The minimum absolute atomic E-state index is 0.0230. The maximum atomic E-state index is 13.1. The van der Waals surface area contributed by atoms with Crippen molar-refractivity contribution in [3.63, 3.8) is 0 Å². The van der Waals surface area contributed by atoms with Crippen LogP contribution in [-0.4, -0.2) is 23.7 Å².